The first-order valence-corrected chi connectivity index (χ1v) is 5.36. The van der Waals surface area contributed by atoms with Gasteiger partial charge < -0.3 is 11.5 Å². The van der Waals surface area contributed by atoms with Gasteiger partial charge in [0.25, 0.3) is 0 Å². The molecule has 13 heavy (non-hydrogen) atoms. The summed E-state index contributed by atoms with van der Waals surface area (Å²) < 4.78 is 0. The van der Waals surface area contributed by atoms with E-state index in [0.29, 0.717) is 0 Å². The lowest BCUT2D eigenvalue weighted by Gasteiger charge is -2.36. The number of nitrogens with two attached hydrogens (primary N) is 2. The number of hydrogen-bond donors (Lipinski definition) is 2. The van der Waals surface area contributed by atoms with Crippen LogP contribution in [0.4, 0.5) is 0 Å². The Morgan fingerprint density at radius 1 is 1.31 bits per heavy atom. The molecule has 0 heterocycles. The van der Waals surface area contributed by atoms with Crippen molar-refractivity contribution in [2.45, 2.75) is 64.0 Å². The monoisotopic (exact) mass is 184 g/mol. The van der Waals surface area contributed by atoms with Crippen molar-refractivity contribution in [2.24, 2.45) is 17.4 Å². The summed E-state index contributed by atoms with van der Waals surface area (Å²) in [6.45, 7) is 6.39. The minimum atomic E-state index is -0.00694. The maximum absolute atomic E-state index is 6.07. The minimum absolute atomic E-state index is 0.00694. The maximum Gasteiger partial charge on any atom is 0.0126 e. The fourth-order valence-electron chi connectivity index (χ4n) is 2.29. The molecule has 0 aromatic heterocycles. The Balaban J connectivity index is 2.34. The molecule has 4 N–H and O–H groups in total. The molecule has 1 aliphatic rings. The van der Waals surface area contributed by atoms with Crippen LogP contribution in [0.15, 0.2) is 0 Å². The summed E-state index contributed by atoms with van der Waals surface area (Å²) >= 11 is 0. The van der Waals surface area contributed by atoms with Crippen LogP contribution in [-0.2, 0) is 0 Å². The summed E-state index contributed by atoms with van der Waals surface area (Å²) in [4.78, 5) is 0. The lowest BCUT2D eigenvalue weighted by Crippen LogP contribution is -2.42. The first kappa shape index (κ1) is 11.0. The fraction of sp³-hybridized carbons (Fsp3) is 1.00. The molecule has 1 fully saturated rings. The molecule has 0 aliphatic heterocycles. The standard InChI is InChI=1S/C11H24N2/c1-10(2,12)8-9-4-6-11(3,13)7-5-9/h9H,4-8,12-13H2,1-3H3. The van der Waals surface area contributed by atoms with Gasteiger partial charge in [-0.25, -0.2) is 0 Å². The number of hydrogen-bond acceptors (Lipinski definition) is 2. The van der Waals surface area contributed by atoms with E-state index in [9.17, 15) is 0 Å². The molecular weight excluding hydrogens is 160 g/mol. The predicted octanol–water partition coefficient (Wildman–Crippen LogP) is 2.02. The molecule has 0 radical (unpaired) electrons. The molecular formula is C11H24N2. The summed E-state index contributed by atoms with van der Waals surface area (Å²) in [5, 5.41) is 0. The van der Waals surface area contributed by atoms with E-state index < -0.39 is 0 Å². The lowest BCUT2D eigenvalue weighted by molar-refractivity contribution is 0.216. The zero-order valence-electron chi connectivity index (χ0n) is 9.27. The highest BCUT2D eigenvalue weighted by Crippen LogP contribution is 2.33. The van der Waals surface area contributed by atoms with E-state index in [1.54, 1.807) is 0 Å². The Kier molecular flexibility index (Phi) is 3.03. The van der Waals surface area contributed by atoms with Crippen molar-refractivity contribution in [3.63, 3.8) is 0 Å². The number of rotatable bonds is 2. The topological polar surface area (TPSA) is 52.0 Å². The normalized spacial score (nSPS) is 36.2. The van der Waals surface area contributed by atoms with E-state index in [1.807, 2.05) is 0 Å². The highest BCUT2D eigenvalue weighted by Gasteiger charge is 2.29. The van der Waals surface area contributed by atoms with Gasteiger partial charge in [0.15, 0.2) is 0 Å². The Bertz CT molecular complexity index is 157. The van der Waals surface area contributed by atoms with Crippen LogP contribution >= 0.6 is 0 Å². The highest BCUT2D eigenvalue weighted by atomic mass is 14.7. The SMILES string of the molecule is CC(C)(N)CC1CCC(C)(N)CC1. The molecule has 0 aromatic carbocycles. The fourth-order valence-corrected chi connectivity index (χ4v) is 2.29. The third-order valence-electron chi connectivity index (χ3n) is 3.06. The quantitative estimate of drug-likeness (QED) is 0.690. The van der Waals surface area contributed by atoms with Crippen LogP contribution in [0.2, 0.25) is 0 Å². The van der Waals surface area contributed by atoms with Crippen molar-refractivity contribution in [1.29, 1.82) is 0 Å². The van der Waals surface area contributed by atoms with E-state index in [4.69, 9.17) is 11.5 Å². The summed E-state index contributed by atoms with van der Waals surface area (Å²) in [5.41, 5.74) is 12.2. The molecule has 0 amide bonds. The van der Waals surface area contributed by atoms with Gasteiger partial charge in [0, 0.05) is 11.1 Å². The Morgan fingerprint density at radius 3 is 2.15 bits per heavy atom. The van der Waals surface area contributed by atoms with Crippen molar-refractivity contribution < 1.29 is 0 Å². The first-order valence-electron chi connectivity index (χ1n) is 5.36. The Morgan fingerprint density at radius 2 is 1.77 bits per heavy atom. The minimum Gasteiger partial charge on any atom is -0.326 e. The van der Waals surface area contributed by atoms with E-state index in [1.165, 1.54) is 12.8 Å². The molecule has 0 atom stereocenters. The van der Waals surface area contributed by atoms with Gasteiger partial charge in [0.1, 0.15) is 0 Å². The molecule has 1 aliphatic carbocycles. The highest BCUT2D eigenvalue weighted by molar-refractivity contribution is 4.88. The molecule has 78 valence electrons. The van der Waals surface area contributed by atoms with Crippen LogP contribution < -0.4 is 11.5 Å². The molecule has 0 spiro atoms. The molecule has 0 aromatic rings. The van der Waals surface area contributed by atoms with E-state index >= 15 is 0 Å². The predicted molar refractivity (Wildman–Crippen MR) is 57.4 cm³/mol. The van der Waals surface area contributed by atoms with Crippen LogP contribution in [0.1, 0.15) is 52.9 Å². The van der Waals surface area contributed by atoms with Gasteiger partial charge in [0.05, 0.1) is 0 Å². The van der Waals surface area contributed by atoms with Gasteiger partial charge in [-0.05, 0) is 58.8 Å². The van der Waals surface area contributed by atoms with Gasteiger partial charge >= 0.3 is 0 Å². The van der Waals surface area contributed by atoms with Crippen LogP contribution in [0.3, 0.4) is 0 Å². The van der Waals surface area contributed by atoms with Crippen LogP contribution in [0, 0.1) is 5.92 Å². The average Bonchev–Trinajstić information content (AvgIpc) is 1.91. The van der Waals surface area contributed by atoms with Crippen LogP contribution in [-0.4, -0.2) is 11.1 Å². The molecule has 1 rings (SSSR count). The van der Waals surface area contributed by atoms with Crippen molar-refractivity contribution in [1.82, 2.24) is 0 Å². The second-order valence-electron chi connectivity index (χ2n) is 5.79. The largest absolute Gasteiger partial charge is 0.326 e. The first-order chi connectivity index (χ1) is 5.79. The Hall–Kier alpha value is -0.0800. The summed E-state index contributed by atoms with van der Waals surface area (Å²) in [7, 11) is 0. The smallest absolute Gasteiger partial charge is 0.0126 e. The van der Waals surface area contributed by atoms with E-state index in [-0.39, 0.29) is 11.1 Å². The van der Waals surface area contributed by atoms with Gasteiger partial charge in [-0.1, -0.05) is 0 Å². The third-order valence-corrected chi connectivity index (χ3v) is 3.06. The molecule has 0 unspecified atom stereocenters. The zero-order valence-corrected chi connectivity index (χ0v) is 9.27. The molecule has 2 heteroatoms. The van der Waals surface area contributed by atoms with Gasteiger partial charge in [0.2, 0.25) is 0 Å². The molecule has 2 nitrogen and oxygen atoms in total. The second-order valence-corrected chi connectivity index (χ2v) is 5.79. The Labute approximate surface area is 82.1 Å². The molecule has 0 saturated heterocycles. The van der Waals surface area contributed by atoms with Gasteiger partial charge in [-0.2, -0.15) is 0 Å². The maximum atomic E-state index is 6.07. The summed E-state index contributed by atoms with van der Waals surface area (Å²) in [5.74, 6) is 0.802. The second kappa shape index (κ2) is 3.58. The third kappa shape index (κ3) is 4.10. The molecule has 1 saturated carbocycles. The van der Waals surface area contributed by atoms with Crippen LogP contribution in [0.25, 0.3) is 0 Å². The lowest BCUT2D eigenvalue weighted by atomic mass is 9.74. The van der Waals surface area contributed by atoms with Crippen LogP contribution in [0.5, 0.6) is 0 Å². The average molecular weight is 184 g/mol. The van der Waals surface area contributed by atoms with Crippen molar-refractivity contribution in [2.75, 3.05) is 0 Å². The zero-order chi connectivity index (χ0) is 10.1. The summed E-state index contributed by atoms with van der Waals surface area (Å²) in [6.07, 6.45) is 5.98. The van der Waals surface area contributed by atoms with E-state index in [2.05, 4.69) is 20.8 Å². The van der Waals surface area contributed by atoms with Gasteiger partial charge in [-0.3, -0.25) is 0 Å². The van der Waals surface area contributed by atoms with E-state index in [0.717, 1.165) is 25.2 Å². The van der Waals surface area contributed by atoms with Crippen molar-refractivity contribution in [3.05, 3.63) is 0 Å². The van der Waals surface area contributed by atoms with Gasteiger partial charge in [-0.15, -0.1) is 0 Å². The van der Waals surface area contributed by atoms with Crippen molar-refractivity contribution >= 4 is 0 Å². The van der Waals surface area contributed by atoms with Crippen molar-refractivity contribution in [3.8, 4) is 0 Å². The molecule has 0 bridgehead atoms. The summed E-state index contributed by atoms with van der Waals surface area (Å²) in [6, 6.07) is 0.